The molecule has 1 unspecified atom stereocenters. The van der Waals surface area contributed by atoms with E-state index in [0.29, 0.717) is 18.6 Å². The van der Waals surface area contributed by atoms with Crippen LogP contribution in [0.15, 0.2) is 9.78 Å². The molecule has 0 amide bonds. The summed E-state index contributed by atoms with van der Waals surface area (Å²) in [6.45, 7) is 0. The lowest BCUT2D eigenvalue weighted by atomic mass is 9.95. The van der Waals surface area contributed by atoms with E-state index < -0.39 is 6.04 Å². The largest absolute Gasteiger partial charge is 0.762 e. The van der Waals surface area contributed by atoms with Gasteiger partial charge in [-0.05, 0) is 18.0 Å². The van der Waals surface area contributed by atoms with E-state index in [2.05, 4.69) is 20.1 Å². The molecule has 0 saturated heterocycles. The van der Waals surface area contributed by atoms with Crippen molar-refractivity contribution in [2.45, 2.75) is 18.9 Å². The molecule has 8 heteroatoms. The van der Waals surface area contributed by atoms with E-state index in [1.54, 1.807) is 0 Å². The molecule has 0 aliphatic heterocycles. The summed E-state index contributed by atoms with van der Waals surface area (Å²) in [4.78, 5) is 0. The zero-order valence-corrected chi connectivity index (χ0v) is 6.99. The van der Waals surface area contributed by atoms with Crippen molar-refractivity contribution in [2.75, 3.05) is 0 Å². The van der Waals surface area contributed by atoms with Crippen molar-refractivity contribution < 1.29 is 15.0 Å². The molecule has 0 saturated carbocycles. The lowest BCUT2D eigenvalue weighted by molar-refractivity contribution is -0.0850. The van der Waals surface area contributed by atoms with Crippen LogP contribution in [0.2, 0.25) is 0 Å². The topological polar surface area (TPSA) is 118 Å². The van der Waals surface area contributed by atoms with E-state index in [9.17, 15) is 5.21 Å². The smallest absolute Gasteiger partial charge is 0.157 e. The molecule has 8 nitrogen and oxygen atoms in total. The molecule has 14 heavy (non-hydrogen) atoms. The van der Waals surface area contributed by atoms with Crippen LogP contribution in [0, 0.1) is 5.21 Å². The first-order valence-corrected chi connectivity index (χ1v) is 3.93. The summed E-state index contributed by atoms with van der Waals surface area (Å²) in [7, 11) is 0. The summed E-state index contributed by atoms with van der Waals surface area (Å²) >= 11 is 0. The molecular weight excluding hydrogens is 192 g/mol. The van der Waals surface area contributed by atoms with Crippen LogP contribution < -0.4 is 0 Å². The predicted octanol–water partition coefficient (Wildman–Crippen LogP) is 0.272. The third-order valence-electron chi connectivity index (χ3n) is 2.14. The fraction of sp³-hybridized carbons (Fsp3) is 0.500. The molecule has 0 bridgehead atoms. The molecule has 0 aromatic carbocycles. The van der Waals surface area contributed by atoms with Crippen molar-refractivity contribution in [1.29, 1.82) is 0 Å². The van der Waals surface area contributed by atoms with Crippen molar-refractivity contribution in [3.63, 3.8) is 0 Å². The molecule has 1 aromatic heterocycles. The molecule has 2 N–H and O–H groups in total. The average Bonchev–Trinajstić information content (AvgIpc) is 2.64. The number of hydroxylamine groups is 2. The van der Waals surface area contributed by atoms with Crippen LogP contribution in [0.1, 0.15) is 30.3 Å². The van der Waals surface area contributed by atoms with Crippen molar-refractivity contribution in [1.82, 2.24) is 15.5 Å². The van der Waals surface area contributed by atoms with Gasteiger partial charge in [0.05, 0.1) is 6.04 Å². The van der Waals surface area contributed by atoms with Gasteiger partial charge in [0.1, 0.15) is 11.4 Å². The van der Waals surface area contributed by atoms with E-state index in [0.717, 1.165) is 0 Å². The highest BCUT2D eigenvalue weighted by Crippen LogP contribution is 2.30. The molecule has 1 aromatic rings. The Hall–Kier alpha value is -1.51. The van der Waals surface area contributed by atoms with Gasteiger partial charge in [0, 0.05) is 0 Å². The molecule has 1 aliphatic rings. The zero-order chi connectivity index (χ0) is 10.1. The SMILES string of the molecule is [O-]N(O)C1CC/C(=N\O)c2nonc21. The fourth-order valence-corrected chi connectivity index (χ4v) is 1.46. The van der Waals surface area contributed by atoms with Crippen molar-refractivity contribution >= 4 is 5.71 Å². The molecule has 76 valence electrons. The highest BCUT2D eigenvalue weighted by atomic mass is 16.8. The van der Waals surface area contributed by atoms with Gasteiger partial charge in [0.25, 0.3) is 0 Å². The minimum atomic E-state index is -0.804. The predicted molar refractivity (Wildman–Crippen MR) is 41.6 cm³/mol. The van der Waals surface area contributed by atoms with E-state index in [1.165, 1.54) is 0 Å². The van der Waals surface area contributed by atoms with Crippen molar-refractivity contribution in [3.8, 4) is 0 Å². The third kappa shape index (κ3) is 1.25. The number of aromatic nitrogens is 2. The number of hydrogen-bond acceptors (Lipinski definition) is 8. The van der Waals surface area contributed by atoms with Crippen LogP contribution in [0.25, 0.3) is 0 Å². The van der Waals surface area contributed by atoms with Crippen molar-refractivity contribution in [2.24, 2.45) is 5.16 Å². The number of rotatable bonds is 1. The standard InChI is InChI=1S/C6H7N4O4/c11-7-3-1-2-4(10(12)13)6-5(3)8-14-9-6/h4,11-12H,1-2H2/q-1/b7-3+. The Bertz CT molecular complexity index is 360. The third-order valence-corrected chi connectivity index (χ3v) is 2.14. The summed E-state index contributed by atoms with van der Waals surface area (Å²) < 4.78 is 4.41. The number of fused-ring (bicyclic) bond motifs is 1. The first-order valence-electron chi connectivity index (χ1n) is 3.93. The van der Waals surface area contributed by atoms with Crippen LogP contribution in [-0.4, -0.2) is 31.7 Å². The maximum Gasteiger partial charge on any atom is 0.157 e. The van der Waals surface area contributed by atoms with E-state index >= 15 is 0 Å². The van der Waals surface area contributed by atoms with Crippen molar-refractivity contribution in [3.05, 3.63) is 16.6 Å². The maximum atomic E-state index is 10.7. The Kier molecular flexibility index (Phi) is 2.15. The fourth-order valence-electron chi connectivity index (χ4n) is 1.46. The zero-order valence-electron chi connectivity index (χ0n) is 6.99. The molecule has 1 heterocycles. The first-order chi connectivity index (χ1) is 6.74. The Labute approximate surface area is 77.9 Å². The maximum absolute atomic E-state index is 10.7. The minimum Gasteiger partial charge on any atom is -0.762 e. The summed E-state index contributed by atoms with van der Waals surface area (Å²) in [6, 6.07) is -0.804. The van der Waals surface area contributed by atoms with Gasteiger partial charge in [-0.2, -0.15) is 0 Å². The van der Waals surface area contributed by atoms with Gasteiger partial charge < -0.3 is 15.6 Å². The average molecular weight is 199 g/mol. The van der Waals surface area contributed by atoms with Gasteiger partial charge in [-0.15, -0.1) is 0 Å². The molecule has 1 atom stereocenters. The Morgan fingerprint density at radius 2 is 2.36 bits per heavy atom. The highest BCUT2D eigenvalue weighted by molar-refractivity contribution is 6.00. The summed E-state index contributed by atoms with van der Waals surface area (Å²) in [6.07, 6.45) is 0.641. The van der Waals surface area contributed by atoms with Crippen LogP contribution in [-0.2, 0) is 0 Å². The molecule has 0 spiro atoms. The Balaban J connectivity index is 2.42. The van der Waals surface area contributed by atoms with E-state index in [4.69, 9.17) is 10.4 Å². The lowest BCUT2D eigenvalue weighted by Crippen LogP contribution is -2.26. The van der Waals surface area contributed by atoms with Crippen LogP contribution >= 0.6 is 0 Å². The summed E-state index contributed by atoms with van der Waals surface area (Å²) in [5, 5.41) is 37.9. The second kappa shape index (κ2) is 3.33. The number of oxime groups is 1. The Morgan fingerprint density at radius 1 is 1.57 bits per heavy atom. The van der Waals surface area contributed by atoms with Gasteiger partial charge >= 0.3 is 0 Å². The van der Waals surface area contributed by atoms with Gasteiger partial charge in [-0.25, -0.2) is 4.63 Å². The molecule has 0 radical (unpaired) electrons. The molecule has 0 fully saturated rings. The lowest BCUT2D eigenvalue weighted by Gasteiger charge is -2.31. The monoisotopic (exact) mass is 199 g/mol. The van der Waals surface area contributed by atoms with Gasteiger partial charge in [-0.1, -0.05) is 10.3 Å². The molecule has 2 rings (SSSR count). The molecule has 1 aliphatic carbocycles. The van der Waals surface area contributed by atoms with Gasteiger partial charge in [-0.3, -0.25) is 5.23 Å². The van der Waals surface area contributed by atoms with Crippen LogP contribution in [0.4, 0.5) is 0 Å². The van der Waals surface area contributed by atoms with E-state index in [1.807, 2.05) is 0 Å². The van der Waals surface area contributed by atoms with Gasteiger partial charge in [0.15, 0.2) is 5.69 Å². The van der Waals surface area contributed by atoms with Crippen LogP contribution in [0.3, 0.4) is 0 Å². The quantitative estimate of drug-likeness (QED) is 0.492. The number of nitrogens with zero attached hydrogens (tertiary/aromatic N) is 4. The molecular formula is C6H7N4O4-. The highest BCUT2D eigenvalue weighted by Gasteiger charge is 2.30. The summed E-state index contributed by atoms with van der Waals surface area (Å²) in [5.41, 5.74) is 0.722. The van der Waals surface area contributed by atoms with Crippen LogP contribution in [0.5, 0.6) is 0 Å². The minimum absolute atomic E-state index is 0.196. The van der Waals surface area contributed by atoms with E-state index in [-0.39, 0.29) is 16.6 Å². The number of hydrogen-bond donors (Lipinski definition) is 2. The first kappa shape index (κ1) is 9.06. The second-order valence-electron chi connectivity index (χ2n) is 2.90. The van der Waals surface area contributed by atoms with Gasteiger partial charge in [0.2, 0.25) is 0 Å². The normalized spacial score (nSPS) is 24.2. The summed E-state index contributed by atoms with van der Waals surface area (Å²) in [5.74, 6) is 0. The Morgan fingerprint density at radius 3 is 3.00 bits per heavy atom. The second-order valence-corrected chi connectivity index (χ2v) is 2.90.